The molecule has 5 aromatic rings. The number of carbonyl (C=O) groups excluding carboxylic acids is 3. The first-order valence-electron chi connectivity index (χ1n) is 27.7. The Morgan fingerprint density at radius 1 is 0.738 bits per heavy atom. The first-order chi connectivity index (χ1) is 38.6. The van der Waals surface area contributed by atoms with Gasteiger partial charge < -0.3 is 40.8 Å². The van der Waals surface area contributed by atoms with E-state index in [1.165, 1.54) is 12.1 Å². The minimum absolute atomic E-state index is 0.0474. The van der Waals surface area contributed by atoms with E-state index >= 15 is 0 Å². The van der Waals surface area contributed by atoms with Gasteiger partial charge in [-0.05, 0) is 108 Å². The van der Waals surface area contributed by atoms with Crippen LogP contribution in [0.15, 0.2) is 77.9 Å². The van der Waals surface area contributed by atoms with E-state index in [1.807, 2.05) is 63.5 Å². The maximum atomic E-state index is 14.8. The number of carbonyl (C=O) groups is 3. The van der Waals surface area contributed by atoms with Crippen LogP contribution in [-0.2, 0) is 47.1 Å². The molecular formula is C54H73FN14O8S3. The third-order valence-electron chi connectivity index (χ3n) is 14.1. The number of rotatable bonds is 30. The summed E-state index contributed by atoms with van der Waals surface area (Å²) in [6, 6.07) is 12.7. The Kier molecular flexibility index (Phi) is 19.9. The number of aryl methyl sites for hydroxylation is 4. The molecule has 0 radical (unpaired) electrons. The highest BCUT2D eigenvalue weighted by Gasteiger charge is 2.43. The minimum atomic E-state index is -4.07. The number of halogens is 1. The summed E-state index contributed by atoms with van der Waals surface area (Å²) in [6.07, 6.45) is 17.3. The van der Waals surface area contributed by atoms with Crippen molar-refractivity contribution in [3.63, 3.8) is 0 Å². The predicted octanol–water partition coefficient (Wildman–Crippen LogP) is 6.80. The summed E-state index contributed by atoms with van der Waals surface area (Å²) in [5, 5.41) is 41.9. The number of sulfone groups is 1. The summed E-state index contributed by atoms with van der Waals surface area (Å²) in [5.74, 6) is 1.34. The number of unbranched alkanes of at least 4 members (excludes halogenated alkanes) is 4. The zero-order valence-corrected chi connectivity index (χ0v) is 48.0. The van der Waals surface area contributed by atoms with Gasteiger partial charge in [0, 0.05) is 65.7 Å². The molecule has 4 aliphatic heterocycles. The zero-order valence-electron chi connectivity index (χ0n) is 45.6. The number of fused-ring (bicyclic) bond motifs is 2. The van der Waals surface area contributed by atoms with Gasteiger partial charge in [0.05, 0.1) is 66.4 Å². The first kappa shape index (κ1) is 58.3. The molecule has 432 valence electrons. The Balaban J connectivity index is 0.760. The van der Waals surface area contributed by atoms with Crippen LogP contribution in [0.5, 0.6) is 11.5 Å². The summed E-state index contributed by atoms with van der Waals surface area (Å²) >= 11 is 3.89. The number of alkyl carbamates (subject to hydrolysis) is 1. The van der Waals surface area contributed by atoms with E-state index < -0.39 is 33.1 Å². The van der Waals surface area contributed by atoms with Gasteiger partial charge in [-0.25, -0.2) is 31.9 Å². The van der Waals surface area contributed by atoms with Crippen LogP contribution in [0, 0.1) is 0 Å². The topological polar surface area (TPSA) is 265 Å². The molecule has 0 bridgehead atoms. The molecule has 22 nitrogen and oxygen atoms in total. The van der Waals surface area contributed by atoms with Crippen molar-refractivity contribution >= 4 is 51.5 Å². The number of urea groups is 2. The van der Waals surface area contributed by atoms with Crippen molar-refractivity contribution in [1.29, 1.82) is 0 Å². The monoisotopic (exact) mass is 1160 g/mol. The quantitative estimate of drug-likeness (QED) is 0.0234. The second kappa shape index (κ2) is 27.4. The van der Waals surface area contributed by atoms with Crippen LogP contribution in [0.2, 0.25) is 0 Å². The lowest BCUT2D eigenvalue weighted by Gasteiger charge is -2.19. The number of hydrogen-bond acceptors (Lipinski definition) is 16. The lowest BCUT2D eigenvalue weighted by atomic mass is 10.0. The Hall–Kier alpha value is -6.41. The Morgan fingerprint density at radius 2 is 1.31 bits per heavy atom. The fourth-order valence-corrected chi connectivity index (χ4v) is 14.5. The third-order valence-corrected chi connectivity index (χ3v) is 18.8. The van der Waals surface area contributed by atoms with Gasteiger partial charge >= 0.3 is 18.2 Å². The normalized spacial score (nSPS) is 20.7. The van der Waals surface area contributed by atoms with Crippen LogP contribution in [0.1, 0.15) is 102 Å². The Bertz CT molecular complexity index is 2920. The number of ether oxygens (including phenoxy) is 3. The van der Waals surface area contributed by atoms with Gasteiger partial charge in [-0.3, -0.25) is 9.36 Å². The van der Waals surface area contributed by atoms with Crippen LogP contribution in [0.25, 0.3) is 11.3 Å². The number of aromatic nitrogens is 9. The standard InChI is InChI=1S/C54H73FN14O8S3/c1-54(2,3)77-53(72)56-20-19-38(55)35-80(73,74)43-16-10-13-36(25-43)29-69-32-44(63-66-69)37-26-41(75-23-11-14-39-30-67(64-61-39)21-8-4-6-17-47-49-45(33-78-47)57-51(70)59-49)28-42(27-37)76-24-12-15-40-31-68(65-62-40)22-9-5-7-18-48-50-46(34-79-48)58-52(71)60-50/h10,13,16,19,25-28,30-32,45-50H,4-9,11-12,14-15,17-18,20-24,29,33-35H2,1-3H3,(H,56,72)(H2,57,59,70)(H2,58,60,71)/b38-19-/t45-,46-,47-,48-,49-,50-/m0/s1. The van der Waals surface area contributed by atoms with Crippen molar-refractivity contribution in [1.82, 2.24) is 71.6 Å². The molecule has 0 saturated carbocycles. The Labute approximate surface area is 474 Å². The van der Waals surface area contributed by atoms with Crippen molar-refractivity contribution in [2.45, 2.75) is 163 Å². The molecule has 7 heterocycles. The molecule has 4 fully saturated rings. The van der Waals surface area contributed by atoms with Gasteiger partial charge in [0.2, 0.25) is 0 Å². The summed E-state index contributed by atoms with van der Waals surface area (Å²) in [5.41, 5.74) is 2.91. The molecule has 80 heavy (non-hydrogen) atoms. The highest BCUT2D eigenvalue weighted by molar-refractivity contribution is 8.00. The van der Waals surface area contributed by atoms with E-state index in [1.54, 1.807) is 43.8 Å². The average Bonchev–Trinajstić information content (AvgIpc) is 4.35. The van der Waals surface area contributed by atoms with Crippen molar-refractivity contribution in [2.24, 2.45) is 0 Å². The van der Waals surface area contributed by atoms with Crippen LogP contribution in [0.4, 0.5) is 18.8 Å². The molecule has 0 spiro atoms. The second-order valence-electron chi connectivity index (χ2n) is 21.7. The molecule has 3 aromatic heterocycles. The van der Waals surface area contributed by atoms with Gasteiger partial charge in [0.25, 0.3) is 0 Å². The molecule has 0 aliphatic carbocycles. The van der Waals surface area contributed by atoms with Gasteiger partial charge in [-0.1, -0.05) is 53.5 Å². The highest BCUT2D eigenvalue weighted by atomic mass is 32.2. The molecule has 5 amide bonds. The average molecular weight is 1160 g/mol. The number of thioether (sulfide) groups is 2. The molecular weight excluding hydrogens is 1090 g/mol. The number of nitrogens with zero attached hydrogens (tertiary/aromatic N) is 9. The van der Waals surface area contributed by atoms with E-state index in [-0.39, 0.29) is 54.2 Å². The predicted molar refractivity (Wildman–Crippen MR) is 302 cm³/mol. The fraction of sp³-hybridized carbons (Fsp3) is 0.574. The van der Waals surface area contributed by atoms with E-state index in [9.17, 15) is 27.2 Å². The van der Waals surface area contributed by atoms with E-state index in [4.69, 9.17) is 14.2 Å². The summed E-state index contributed by atoms with van der Waals surface area (Å²) in [7, 11) is -4.07. The van der Waals surface area contributed by atoms with Gasteiger partial charge in [0.15, 0.2) is 9.84 Å². The summed E-state index contributed by atoms with van der Waals surface area (Å²) in [4.78, 5) is 35.3. The molecule has 9 rings (SSSR count). The highest BCUT2D eigenvalue weighted by Crippen LogP contribution is 2.35. The van der Waals surface area contributed by atoms with Crippen LogP contribution >= 0.6 is 23.5 Å². The Morgan fingerprint density at radius 3 is 1.89 bits per heavy atom. The van der Waals surface area contributed by atoms with Gasteiger partial charge in [-0.2, -0.15) is 23.5 Å². The van der Waals surface area contributed by atoms with Crippen LogP contribution in [0.3, 0.4) is 0 Å². The molecule has 26 heteroatoms. The summed E-state index contributed by atoms with van der Waals surface area (Å²) in [6.45, 7) is 7.46. The van der Waals surface area contributed by atoms with Crippen molar-refractivity contribution in [2.75, 3.05) is 37.0 Å². The zero-order chi connectivity index (χ0) is 56.1. The smallest absolute Gasteiger partial charge is 0.407 e. The van der Waals surface area contributed by atoms with E-state index in [2.05, 4.69) is 57.5 Å². The number of nitrogens with one attached hydrogen (secondary N) is 5. The molecule has 6 atom stereocenters. The largest absolute Gasteiger partial charge is 0.493 e. The minimum Gasteiger partial charge on any atom is -0.493 e. The lowest BCUT2D eigenvalue weighted by molar-refractivity contribution is 0.0533. The van der Waals surface area contributed by atoms with E-state index in [0.29, 0.717) is 77.7 Å². The maximum absolute atomic E-state index is 14.8. The number of benzene rings is 2. The second-order valence-corrected chi connectivity index (χ2v) is 26.3. The molecule has 4 saturated heterocycles. The SMILES string of the molecule is CC(C)(C)OC(=O)NC/C=C(\F)CS(=O)(=O)c1cccc(Cn2cc(-c3cc(OCCCc4cn(CCCCC[C@@H]5SC[C@@H]6NC(=O)N[C@@H]65)nn4)cc(OCCCc4cn(CCCCC[C@@H]5SC[C@@H]6NC(=O)N[C@@H]65)nn4)c3)nn2)c1. The molecule has 2 aromatic carbocycles. The van der Waals surface area contributed by atoms with Crippen LogP contribution < -0.4 is 36.1 Å². The van der Waals surface area contributed by atoms with Crippen LogP contribution in [-0.4, -0.2) is 149 Å². The van der Waals surface area contributed by atoms with Crippen molar-refractivity contribution in [3.8, 4) is 22.8 Å². The van der Waals surface area contributed by atoms with Gasteiger partial charge in [-0.15, -0.1) is 15.3 Å². The lowest BCUT2D eigenvalue weighted by Crippen LogP contribution is -2.36. The van der Waals surface area contributed by atoms with E-state index in [0.717, 1.165) is 93.4 Å². The van der Waals surface area contributed by atoms with Crippen molar-refractivity contribution < 1.29 is 41.4 Å². The maximum Gasteiger partial charge on any atom is 0.407 e. The van der Waals surface area contributed by atoms with Gasteiger partial charge in [0.1, 0.15) is 34.4 Å². The third kappa shape index (κ3) is 17.1. The molecule has 5 N–H and O–H groups in total. The number of hydrogen-bond donors (Lipinski definition) is 5. The molecule has 0 unspecified atom stereocenters. The fourth-order valence-electron chi connectivity index (χ4n) is 10.2. The molecule has 4 aliphatic rings. The number of amides is 5. The summed E-state index contributed by atoms with van der Waals surface area (Å²) < 4.78 is 64.5. The first-order valence-corrected chi connectivity index (χ1v) is 31.4. The van der Waals surface area contributed by atoms with Crippen molar-refractivity contribution in [3.05, 3.63) is 89.9 Å².